The second kappa shape index (κ2) is 4.70. The number of carbonyl (C=O) groups is 1. The molecular formula is C11H11NO3. The van der Waals surface area contributed by atoms with E-state index in [0.29, 0.717) is 13.2 Å². The lowest BCUT2D eigenvalue weighted by molar-refractivity contribution is -0.138. The van der Waals surface area contributed by atoms with Crippen molar-refractivity contribution in [1.29, 1.82) is 0 Å². The third kappa shape index (κ3) is 3.52. The number of epoxide rings is 1. The van der Waals surface area contributed by atoms with Gasteiger partial charge < -0.3 is 9.47 Å². The second-order valence-electron chi connectivity index (χ2n) is 3.21. The predicted octanol–water partition coefficient (Wildman–Crippen LogP) is 1.04. The first kappa shape index (κ1) is 9.86. The van der Waals surface area contributed by atoms with E-state index in [-0.39, 0.29) is 12.1 Å². The number of ether oxygens (including phenoxy) is 2. The Morgan fingerprint density at radius 3 is 3.27 bits per heavy atom. The van der Waals surface area contributed by atoms with Crippen molar-refractivity contribution in [2.45, 2.75) is 6.10 Å². The zero-order valence-electron chi connectivity index (χ0n) is 8.13. The Hall–Kier alpha value is -1.68. The summed E-state index contributed by atoms with van der Waals surface area (Å²) in [5.41, 5.74) is 0.872. The molecule has 0 amide bonds. The molecule has 0 bridgehead atoms. The van der Waals surface area contributed by atoms with Crippen LogP contribution in [0.25, 0.3) is 6.08 Å². The van der Waals surface area contributed by atoms with Gasteiger partial charge in [0.25, 0.3) is 0 Å². The number of aromatic nitrogens is 1. The number of carbonyl (C=O) groups excluding carboxylic acids is 1. The summed E-state index contributed by atoms with van der Waals surface area (Å²) < 4.78 is 9.83. The van der Waals surface area contributed by atoms with Crippen LogP contribution in [0.15, 0.2) is 30.6 Å². The van der Waals surface area contributed by atoms with Gasteiger partial charge in [-0.1, -0.05) is 6.07 Å². The average Bonchev–Trinajstić information content (AvgIpc) is 3.09. The maximum atomic E-state index is 11.2. The maximum Gasteiger partial charge on any atom is 0.330 e. The minimum Gasteiger partial charge on any atom is -0.460 e. The van der Waals surface area contributed by atoms with Crippen LogP contribution >= 0.6 is 0 Å². The Morgan fingerprint density at radius 2 is 2.60 bits per heavy atom. The molecule has 0 radical (unpaired) electrons. The van der Waals surface area contributed by atoms with Gasteiger partial charge in [-0.15, -0.1) is 0 Å². The van der Waals surface area contributed by atoms with Crippen molar-refractivity contribution in [1.82, 2.24) is 4.98 Å². The summed E-state index contributed by atoms with van der Waals surface area (Å²) in [6.45, 7) is 1.04. The fraction of sp³-hybridized carbons (Fsp3) is 0.273. The van der Waals surface area contributed by atoms with Crippen LogP contribution in [0.2, 0.25) is 0 Å². The molecule has 1 aromatic heterocycles. The lowest BCUT2D eigenvalue weighted by Gasteiger charge is -1.96. The molecule has 1 unspecified atom stereocenters. The molecule has 1 atom stereocenters. The second-order valence-corrected chi connectivity index (χ2v) is 3.21. The minimum atomic E-state index is -0.352. The van der Waals surface area contributed by atoms with Crippen LogP contribution in [0.5, 0.6) is 0 Å². The van der Waals surface area contributed by atoms with Gasteiger partial charge in [-0.2, -0.15) is 0 Å². The molecule has 4 heteroatoms. The number of hydrogen-bond donors (Lipinski definition) is 0. The van der Waals surface area contributed by atoms with Gasteiger partial charge in [0, 0.05) is 18.5 Å². The van der Waals surface area contributed by atoms with E-state index in [1.54, 1.807) is 18.5 Å². The fourth-order valence-corrected chi connectivity index (χ4v) is 1.03. The van der Waals surface area contributed by atoms with Gasteiger partial charge in [0.05, 0.1) is 6.61 Å². The largest absolute Gasteiger partial charge is 0.460 e. The van der Waals surface area contributed by atoms with E-state index in [9.17, 15) is 4.79 Å². The summed E-state index contributed by atoms with van der Waals surface area (Å²) >= 11 is 0. The molecule has 0 N–H and O–H groups in total. The van der Waals surface area contributed by atoms with E-state index in [1.165, 1.54) is 6.08 Å². The molecule has 1 aliphatic heterocycles. The van der Waals surface area contributed by atoms with Crippen LogP contribution in [0.3, 0.4) is 0 Å². The van der Waals surface area contributed by atoms with Crippen molar-refractivity contribution in [3.05, 3.63) is 36.2 Å². The number of pyridine rings is 1. The molecule has 0 aliphatic carbocycles. The van der Waals surface area contributed by atoms with Crippen molar-refractivity contribution >= 4 is 12.0 Å². The van der Waals surface area contributed by atoms with Crippen molar-refractivity contribution < 1.29 is 14.3 Å². The van der Waals surface area contributed by atoms with Crippen molar-refractivity contribution in [3.63, 3.8) is 0 Å². The van der Waals surface area contributed by atoms with E-state index < -0.39 is 0 Å². The molecule has 2 rings (SSSR count). The summed E-state index contributed by atoms with van der Waals surface area (Å²) in [7, 11) is 0. The number of esters is 1. The van der Waals surface area contributed by atoms with Crippen LogP contribution in [0.4, 0.5) is 0 Å². The predicted molar refractivity (Wildman–Crippen MR) is 54.0 cm³/mol. The van der Waals surface area contributed by atoms with E-state index in [0.717, 1.165) is 5.56 Å². The summed E-state index contributed by atoms with van der Waals surface area (Å²) in [5.74, 6) is -0.352. The Bertz CT molecular complexity index is 357. The molecule has 4 nitrogen and oxygen atoms in total. The Balaban J connectivity index is 1.79. The van der Waals surface area contributed by atoms with Gasteiger partial charge in [0.2, 0.25) is 0 Å². The molecule has 0 aromatic carbocycles. The van der Waals surface area contributed by atoms with E-state index in [1.807, 2.05) is 12.1 Å². The minimum absolute atomic E-state index is 0.112. The highest BCUT2D eigenvalue weighted by molar-refractivity contribution is 5.86. The highest BCUT2D eigenvalue weighted by Crippen LogP contribution is 2.08. The quantitative estimate of drug-likeness (QED) is 0.418. The monoisotopic (exact) mass is 205 g/mol. The van der Waals surface area contributed by atoms with Gasteiger partial charge in [-0.25, -0.2) is 4.79 Å². The van der Waals surface area contributed by atoms with E-state index >= 15 is 0 Å². The van der Waals surface area contributed by atoms with Crippen LogP contribution in [0.1, 0.15) is 5.56 Å². The molecular weight excluding hydrogens is 194 g/mol. The molecule has 1 aliphatic rings. The average molecular weight is 205 g/mol. The Kier molecular flexibility index (Phi) is 3.09. The van der Waals surface area contributed by atoms with Gasteiger partial charge in [0.15, 0.2) is 0 Å². The molecule has 1 fully saturated rings. The van der Waals surface area contributed by atoms with Gasteiger partial charge in [0.1, 0.15) is 12.7 Å². The molecule has 0 spiro atoms. The number of nitrogens with zero attached hydrogens (tertiary/aromatic N) is 1. The Morgan fingerprint density at radius 1 is 1.73 bits per heavy atom. The van der Waals surface area contributed by atoms with Crippen LogP contribution in [-0.2, 0) is 14.3 Å². The van der Waals surface area contributed by atoms with Gasteiger partial charge >= 0.3 is 5.97 Å². The van der Waals surface area contributed by atoms with Crippen LogP contribution in [0, 0.1) is 0 Å². The van der Waals surface area contributed by atoms with E-state index in [4.69, 9.17) is 9.47 Å². The van der Waals surface area contributed by atoms with Crippen molar-refractivity contribution in [2.75, 3.05) is 13.2 Å². The SMILES string of the molecule is O=C(C=Cc1cccnc1)OCC1CO1. The van der Waals surface area contributed by atoms with Crippen LogP contribution < -0.4 is 0 Å². The smallest absolute Gasteiger partial charge is 0.330 e. The number of hydrogen-bond acceptors (Lipinski definition) is 4. The summed E-state index contributed by atoms with van der Waals surface area (Å²) in [6.07, 6.45) is 6.52. The Labute approximate surface area is 87.5 Å². The molecule has 1 saturated heterocycles. The topological polar surface area (TPSA) is 51.7 Å². The van der Waals surface area contributed by atoms with Gasteiger partial charge in [-0.05, 0) is 17.7 Å². The zero-order valence-corrected chi connectivity index (χ0v) is 8.13. The first-order valence-electron chi connectivity index (χ1n) is 4.71. The maximum absolute atomic E-state index is 11.2. The normalized spacial score (nSPS) is 19.1. The van der Waals surface area contributed by atoms with Crippen molar-refractivity contribution in [3.8, 4) is 0 Å². The molecule has 15 heavy (non-hydrogen) atoms. The number of rotatable bonds is 4. The summed E-state index contributed by atoms with van der Waals surface area (Å²) in [6, 6.07) is 3.67. The first-order chi connectivity index (χ1) is 7.34. The molecule has 78 valence electrons. The summed E-state index contributed by atoms with van der Waals surface area (Å²) in [5, 5.41) is 0. The van der Waals surface area contributed by atoms with Gasteiger partial charge in [-0.3, -0.25) is 4.98 Å². The fourth-order valence-electron chi connectivity index (χ4n) is 1.03. The highest BCUT2D eigenvalue weighted by atomic mass is 16.6. The molecule has 0 saturated carbocycles. The third-order valence-corrected chi connectivity index (χ3v) is 1.91. The molecule has 1 aromatic rings. The first-order valence-corrected chi connectivity index (χ1v) is 4.71. The lowest BCUT2D eigenvalue weighted by Crippen LogP contribution is -2.06. The highest BCUT2D eigenvalue weighted by Gasteiger charge is 2.23. The summed E-state index contributed by atoms with van der Waals surface area (Å²) in [4.78, 5) is 15.1. The van der Waals surface area contributed by atoms with E-state index in [2.05, 4.69) is 4.98 Å². The standard InChI is InChI=1S/C11H11NO3/c13-11(15-8-10-7-14-10)4-3-9-2-1-5-12-6-9/h1-6,10H,7-8H2. The third-order valence-electron chi connectivity index (χ3n) is 1.91. The zero-order chi connectivity index (χ0) is 10.5. The lowest BCUT2D eigenvalue weighted by atomic mass is 10.2. The van der Waals surface area contributed by atoms with Crippen molar-refractivity contribution in [2.24, 2.45) is 0 Å². The van der Waals surface area contributed by atoms with Crippen LogP contribution in [-0.4, -0.2) is 30.3 Å². The molecule has 2 heterocycles.